The number of nitrogens with one attached hydrogen (secondary N) is 2. The minimum atomic E-state index is -0.421. The molecule has 2 aromatic rings. The number of benzene rings is 1. The summed E-state index contributed by atoms with van der Waals surface area (Å²) in [7, 11) is 0. The van der Waals surface area contributed by atoms with Gasteiger partial charge in [-0.05, 0) is 48.6 Å². The highest BCUT2D eigenvalue weighted by Crippen LogP contribution is 2.18. The molecule has 0 atom stereocenters. The van der Waals surface area contributed by atoms with Crippen molar-refractivity contribution in [3.8, 4) is 0 Å². The van der Waals surface area contributed by atoms with Crippen molar-refractivity contribution in [2.75, 3.05) is 13.1 Å². The van der Waals surface area contributed by atoms with Crippen molar-refractivity contribution in [2.45, 2.75) is 19.4 Å². The summed E-state index contributed by atoms with van der Waals surface area (Å²) in [6.45, 7) is 4.61. The summed E-state index contributed by atoms with van der Waals surface area (Å²) in [6.07, 6.45) is 2.44. The van der Waals surface area contributed by atoms with Gasteiger partial charge in [-0.25, -0.2) is 4.39 Å². The number of nitrogens with zero attached hydrogens (tertiary/aromatic N) is 1. The van der Waals surface area contributed by atoms with Crippen LogP contribution in [0.3, 0.4) is 0 Å². The quantitative estimate of drug-likeness (QED) is 0.818. The van der Waals surface area contributed by atoms with E-state index >= 15 is 0 Å². The molecule has 26 heavy (non-hydrogen) atoms. The number of hydrogen-bond donors (Lipinski definition) is 2. The molecule has 1 aliphatic rings. The Kier molecular flexibility index (Phi) is 5.16. The molecule has 0 spiro atoms. The molecule has 7 heteroatoms. The number of aromatic amines is 1. The number of likely N-dealkylation sites (tertiary alicyclic amines) is 1. The molecule has 2 amide bonds. The first-order valence-corrected chi connectivity index (χ1v) is 8.48. The lowest BCUT2D eigenvalue weighted by molar-refractivity contribution is -0.132. The number of hydrogen-bond acceptors (Lipinski definition) is 3. The van der Waals surface area contributed by atoms with Gasteiger partial charge in [-0.3, -0.25) is 14.4 Å². The Bertz CT molecular complexity index is 914. The van der Waals surface area contributed by atoms with Gasteiger partial charge in [0, 0.05) is 31.1 Å². The summed E-state index contributed by atoms with van der Waals surface area (Å²) in [5.74, 6) is -0.856. The standard InChI is InChI=1S/C19H20FN3O3/c1-2-17(24)23-7-5-12(6-8-23)18(25)21-11-14-9-13-3-4-15(20)10-16(13)22-19(14)26/h2-4,9-10,12H,1,5-8,11H2,(H,21,25)(H,22,26). The van der Waals surface area contributed by atoms with Crippen LogP contribution in [0.15, 0.2) is 41.7 Å². The van der Waals surface area contributed by atoms with Gasteiger partial charge in [-0.2, -0.15) is 0 Å². The molecule has 136 valence electrons. The van der Waals surface area contributed by atoms with Crippen LogP contribution in [0.25, 0.3) is 10.9 Å². The zero-order valence-electron chi connectivity index (χ0n) is 14.3. The number of fused-ring (bicyclic) bond motifs is 1. The monoisotopic (exact) mass is 357 g/mol. The molecule has 0 aliphatic carbocycles. The average molecular weight is 357 g/mol. The Labute approximate surface area is 149 Å². The lowest BCUT2D eigenvalue weighted by atomic mass is 9.95. The second-order valence-electron chi connectivity index (χ2n) is 6.38. The maximum atomic E-state index is 13.2. The molecule has 0 radical (unpaired) electrons. The molecule has 0 saturated carbocycles. The lowest BCUT2D eigenvalue weighted by Gasteiger charge is -2.30. The van der Waals surface area contributed by atoms with Gasteiger partial charge in [0.1, 0.15) is 5.82 Å². The van der Waals surface area contributed by atoms with Crippen LogP contribution < -0.4 is 10.9 Å². The first-order valence-electron chi connectivity index (χ1n) is 8.48. The molecule has 1 aliphatic heterocycles. The maximum Gasteiger partial charge on any atom is 0.253 e. The van der Waals surface area contributed by atoms with Crippen LogP contribution >= 0.6 is 0 Å². The Hall–Kier alpha value is -2.96. The van der Waals surface area contributed by atoms with Crippen LogP contribution in [0, 0.1) is 11.7 Å². The molecule has 3 rings (SSSR count). The SMILES string of the molecule is C=CC(=O)N1CCC(C(=O)NCc2cc3ccc(F)cc3[nH]c2=O)CC1. The summed E-state index contributed by atoms with van der Waals surface area (Å²) < 4.78 is 13.2. The first-order chi connectivity index (χ1) is 12.5. The summed E-state index contributed by atoms with van der Waals surface area (Å²) in [6, 6.07) is 5.82. The highest BCUT2D eigenvalue weighted by molar-refractivity contribution is 5.87. The van der Waals surface area contributed by atoms with Gasteiger partial charge in [-0.15, -0.1) is 0 Å². The zero-order valence-corrected chi connectivity index (χ0v) is 14.3. The minimum Gasteiger partial charge on any atom is -0.352 e. The van der Waals surface area contributed by atoms with Crippen molar-refractivity contribution in [3.05, 3.63) is 58.7 Å². The number of H-pyrrole nitrogens is 1. The molecule has 0 bridgehead atoms. The van der Waals surface area contributed by atoms with E-state index in [4.69, 9.17) is 0 Å². The fourth-order valence-corrected chi connectivity index (χ4v) is 3.17. The molecule has 1 aromatic heterocycles. The Balaban J connectivity index is 1.61. The highest BCUT2D eigenvalue weighted by Gasteiger charge is 2.26. The number of carbonyl (C=O) groups excluding carboxylic acids is 2. The van der Waals surface area contributed by atoms with E-state index in [1.165, 1.54) is 18.2 Å². The van der Waals surface area contributed by atoms with Crippen LogP contribution in [-0.2, 0) is 16.1 Å². The Morgan fingerprint density at radius 2 is 2.04 bits per heavy atom. The zero-order chi connectivity index (χ0) is 18.7. The summed E-state index contributed by atoms with van der Waals surface area (Å²) >= 11 is 0. The maximum absolute atomic E-state index is 13.2. The third-order valence-electron chi connectivity index (χ3n) is 4.69. The van der Waals surface area contributed by atoms with E-state index in [1.54, 1.807) is 17.0 Å². The predicted molar refractivity (Wildman–Crippen MR) is 95.9 cm³/mol. The van der Waals surface area contributed by atoms with Crippen LogP contribution in [-0.4, -0.2) is 34.8 Å². The molecule has 6 nitrogen and oxygen atoms in total. The van der Waals surface area contributed by atoms with Gasteiger partial charge in [0.25, 0.3) is 5.56 Å². The number of halogens is 1. The topological polar surface area (TPSA) is 82.3 Å². The van der Waals surface area contributed by atoms with Gasteiger partial charge in [0.15, 0.2) is 0 Å². The van der Waals surface area contributed by atoms with Crippen molar-refractivity contribution < 1.29 is 14.0 Å². The van der Waals surface area contributed by atoms with E-state index in [-0.39, 0.29) is 29.8 Å². The molecular weight excluding hydrogens is 337 g/mol. The minimum absolute atomic E-state index is 0.104. The normalized spacial score (nSPS) is 15.0. The van der Waals surface area contributed by atoms with Gasteiger partial charge in [0.05, 0.1) is 5.52 Å². The van der Waals surface area contributed by atoms with Gasteiger partial charge in [-0.1, -0.05) is 6.58 Å². The average Bonchev–Trinajstić information content (AvgIpc) is 2.65. The van der Waals surface area contributed by atoms with Crippen molar-refractivity contribution in [3.63, 3.8) is 0 Å². The smallest absolute Gasteiger partial charge is 0.253 e. The third kappa shape index (κ3) is 3.82. The van der Waals surface area contributed by atoms with Crippen LogP contribution in [0.2, 0.25) is 0 Å². The number of amides is 2. The van der Waals surface area contributed by atoms with E-state index < -0.39 is 5.82 Å². The Morgan fingerprint density at radius 1 is 1.31 bits per heavy atom. The number of piperidine rings is 1. The third-order valence-corrected chi connectivity index (χ3v) is 4.69. The van der Waals surface area contributed by atoms with E-state index in [1.807, 2.05) is 0 Å². The Morgan fingerprint density at radius 3 is 2.73 bits per heavy atom. The second kappa shape index (κ2) is 7.51. The van der Waals surface area contributed by atoms with E-state index in [9.17, 15) is 18.8 Å². The van der Waals surface area contributed by atoms with Gasteiger partial charge < -0.3 is 15.2 Å². The largest absolute Gasteiger partial charge is 0.352 e. The number of aromatic nitrogens is 1. The molecule has 2 N–H and O–H groups in total. The summed E-state index contributed by atoms with van der Waals surface area (Å²) in [5.41, 5.74) is 0.482. The summed E-state index contributed by atoms with van der Waals surface area (Å²) in [4.78, 5) is 40.3. The number of pyridine rings is 1. The van der Waals surface area contributed by atoms with Gasteiger partial charge in [0.2, 0.25) is 11.8 Å². The van der Waals surface area contributed by atoms with E-state index in [0.717, 1.165) is 0 Å². The van der Waals surface area contributed by atoms with E-state index in [2.05, 4.69) is 16.9 Å². The van der Waals surface area contributed by atoms with Crippen molar-refractivity contribution >= 4 is 22.7 Å². The fraction of sp³-hybridized carbons (Fsp3) is 0.316. The van der Waals surface area contributed by atoms with Crippen LogP contribution in [0.5, 0.6) is 0 Å². The van der Waals surface area contributed by atoms with E-state index in [0.29, 0.717) is 42.4 Å². The van der Waals surface area contributed by atoms with Crippen molar-refractivity contribution in [2.24, 2.45) is 5.92 Å². The first kappa shape index (κ1) is 17.8. The van der Waals surface area contributed by atoms with Gasteiger partial charge >= 0.3 is 0 Å². The number of rotatable bonds is 4. The predicted octanol–water partition coefficient (Wildman–Crippen LogP) is 1.71. The van der Waals surface area contributed by atoms with Crippen molar-refractivity contribution in [1.82, 2.24) is 15.2 Å². The molecule has 0 unspecified atom stereocenters. The molecule has 2 heterocycles. The number of carbonyl (C=O) groups is 2. The van der Waals surface area contributed by atoms with Crippen molar-refractivity contribution in [1.29, 1.82) is 0 Å². The molecule has 1 fully saturated rings. The summed E-state index contributed by atoms with van der Waals surface area (Å²) in [5, 5.41) is 3.49. The fourth-order valence-electron chi connectivity index (χ4n) is 3.17. The molecule has 1 aromatic carbocycles. The van der Waals surface area contributed by atoms with Crippen LogP contribution in [0.1, 0.15) is 18.4 Å². The highest BCUT2D eigenvalue weighted by atomic mass is 19.1. The molecule has 1 saturated heterocycles. The van der Waals surface area contributed by atoms with Crippen LogP contribution in [0.4, 0.5) is 4.39 Å². The molecular formula is C19H20FN3O3. The lowest BCUT2D eigenvalue weighted by Crippen LogP contribution is -2.42. The second-order valence-corrected chi connectivity index (χ2v) is 6.38.